The van der Waals surface area contributed by atoms with Gasteiger partial charge in [0.25, 0.3) is 0 Å². The quantitative estimate of drug-likeness (QED) is 0.434. The Morgan fingerprint density at radius 1 is 1.24 bits per heavy atom. The normalized spacial score (nSPS) is 20.3. The Kier molecular flexibility index (Phi) is 5.69. The summed E-state index contributed by atoms with van der Waals surface area (Å²) >= 11 is 0. The highest BCUT2D eigenvalue weighted by molar-refractivity contribution is 6.08. The highest BCUT2D eigenvalue weighted by atomic mass is 16.4. The maximum Gasteiger partial charge on any atom is 0.328 e. The molecule has 0 spiro atoms. The number of likely N-dealkylation sites (tertiary alicyclic amines) is 1. The van der Waals surface area contributed by atoms with Gasteiger partial charge in [-0.15, -0.1) is 0 Å². The molecule has 1 aromatic carbocycles. The molecular formula is C18H20N2O5. The van der Waals surface area contributed by atoms with Crippen LogP contribution in [-0.2, 0) is 24.6 Å². The molecule has 2 N–H and O–H groups in total. The van der Waals surface area contributed by atoms with Crippen LogP contribution in [0.2, 0.25) is 0 Å². The lowest BCUT2D eigenvalue weighted by Crippen LogP contribution is -2.37. The van der Waals surface area contributed by atoms with Crippen molar-refractivity contribution in [1.29, 1.82) is 0 Å². The molecule has 1 aliphatic rings. The first-order valence-corrected chi connectivity index (χ1v) is 7.92. The number of nitrogens with one attached hydrogen (secondary N) is 1. The molecule has 1 aromatic rings. The molecule has 3 amide bonds. The molecule has 132 valence electrons. The van der Waals surface area contributed by atoms with E-state index in [1.165, 1.54) is 7.05 Å². The average Bonchev–Trinajstić information content (AvgIpc) is 2.82. The second-order valence-electron chi connectivity index (χ2n) is 5.95. The van der Waals surface area contributed by atoms with E-state index in [1.807, 2.05) is 30.3 Å². The van der Waals surface area contributed by atoms with Crippen molar-refractivity contribution in [3.63, 3.8) is 0 Å². The van der Waals surface area contributed by atoms with Crippen molar-refractivity contribution in [1.82, 2.24) is 10.2 Å². The van der Waals surface area contributed by atoms with Crippen molar-refractivity contribution in [2.75, 3.05) is 13.6 Å². The Morgan fingerprint density at radius 3 is 2.48 bits per heavy atom. The molecule has 7 nitrogen and oxygen atoms in total. The first-order chi connectivity index (χ1) is 11.9. The number of imide groups is 1. The summed E-state index contributed by atoms with van der Waals surface area (Å²) in [5, 5.41) is 11.0. The number of carboxylic acid groups (broad SMARTS) is 1. The molecule has 0 saturated carbocycles. The fourth-order valence-electron chi connectivity index (χ4n) is 3.02. The summed E-state index contributed by atoms with van der Waals surface area (Å²) in [7, 11) is 1.48. The van der Waals surface area contributed by atoms with E-state index in [4.69, 9.17) is 5.11 Å². The standard InChI is InChI=1S/C18H20N2O5/c1-20-15(22)12-18(17(20)25,13-6-3-2-4-7-13)10-5-11-19-14(21)8-9-16(23)24/h2-4,6-9H,5,10-12H2,1H3,(H,19,21)(H,23,24)/b9-8-. The maximum atomic E-state index is 12.7. The zero-order valence-electron chi connectivity index (χ0n) is 13.9. The smallest absolute Gasteiger partial charge is 0.328 e. The van der Waals surface area contributed by atoms with E-state index < -0.39 is 17.3 Å². The lowest BCUT2D eigenvalue weighted by atomic mass is 9.75. The summed E-state index contributed by atoms with van der Waals surface area (Å²) < 4.78 is 0. The maximum absolute atomic E-state index is 12.7. The minimum atomic E-state index is -1.20. The zero-order valence-corrected chi connectivity index (χ0v) is 13.9. The third kappa shape index (κ3) is 4.12. The first-order valence-electron chi connectivity index (χ1n) is 7.92. The number of hydrogen-bond acceptors (Lipinski definition) is 4. The highest BCUT2D eigenvalue weighted by Gasteiger charge is 2.50. The summed E-state index contributed by atoms with van der Waals surface area (Å²) in [6.07, 6.45) is 2.70. The second-order valence-corrected chi connectivity index (χ2v) is 5.95. The Labute approximate surface area is 145 Å². The molecule has 0 bridgehead atoms. The summed E-state index contributed by atoms with van der Waals surface area (Å²) in [6.45, 7) is 0.280. The van der Waals surface area contributed by atoms with Gasteiger partial charge in [-0.05, 0) is 18.4 Å². The number of likely N-dealkylation sites (N-methyl/N-ethyl adjacent to an activating group) is 1. The van der Waals surface area contributed by atoms with E-state index in [0.29, 0.717) is 12.8 Å². The zero-order chi connectivity index (χ0) is 18.4. The molecule has 1 saturated heterocycles. The second kappa shape index (κ2) is 7.74. The number of carbonyl (C=O) groups excluding carboxylic acids is 3. The van der Waals surface area contributed by atoms with Crippen LogP contribution in [0.3, 0.4) is 0 Å². The number of carboxylic acids is 1. The summed E-state index contributed by atoms with van der Waals surface area (Å²) in [6, 6.07) is 9.16. The van der Waals surface area contributed by atoms with Gasteiger partial charge >= 0.3 is 5.97 Å². The van der Waals surface area contributed by atoms with E-state index in [9.17, 15) is 19.2 Å². The molecular weight excluding hydrogens is 324 g/mol. The van der Waals surface area contributed by atoms with E-state index in [2.05, 4.69) is 5.32 Å². The van der Waals surface area contributed by atoms with Crippen molar-refractivity contribution < 1.29 is 24.3 Å². The molecule has 0 aliphatic carbocycles. The lowest BCUT2D eigenvalue weighted by Gasteiger charge is -2.27. The van der Waals surface area contributed by atoms with Gasteiger partial charge in [-0.1, -0.05) is 30.3 Å². The van der Waals surface area contributed by atoms with Crippen LogP contribution in [0.1, 0.15) is 24.8 Å². The summed E-state index contributed by atoms with van der Waals surface area (Å²) in [5.41, 5.74) is -0.121. The van der Waals surface area contributed by atoms with Crippen LogP contribution in [0.15, 0.2) is 42.5 Å². The van der Waals surface area contributed by atoms with E-state index >= 15 is 0 Å². The molecule has 25 heavy (non-hydrogen) atoms. The minimum Gasteiger partial charge on any atom is -0.478 e. The Bertz CT molecular complexity index is 713. The SMILES string of the molecule is CN1C(=O)CC(CCCNC(=O)/C=C\C(=O)O)(c2ccccc2)C1=O. The molecule has 1 heterocycles. The topological polar surface area (TPSA) is 104 Å². The van der Waals surface area contributed by atoms with Gasteiger partial charge in [0.15, 0.2) is 0 Å². The Balaban J connectivity index is 2.04. The van der Waals surface area contributed by atoms with Gasteiger partial charge in [-0.25, -0.2) is 4.79 Å². The third-order valence-corrected chi connectivity index (χ3v) is 4.32. The first kappa shape index (κ1) is 18.4. The Hall–Kier alpha value is -2.96. The largest absolute Gasteiger partial charge is 0.478 e. The average molecular weight is 344 g/mol. The van der Waals surface area contributed by atoms with E-state index in [1.54, 1.807) is 0 Å². The van der Waals surface area contributed by atoms with Gasteiger partial charge in [0, 0.05) is 32.2 Å². The van der Waals surface area contributed by atoms with Crippen molar-refractivity contribution in [2.45, 2.75) is 24.7 Å². The predicted octanol–water partition coefficient (Wildman–Crippen LogP) is 0.850. The fraction of sp³-hybridized carbons (Fsp3) is 0.333. The minimum absolute atomic E-state index is 0.110. The van der Waals surface area contributed by atoms with Gasteiger partial charge in [0.2, 0.25) is 17.7 Å². The van der Waals surface area contributed by atoms with Gasteiger partial charge in [-0.2, -0.15) is 0 Å². The molecule has 0 radical (unpaired) electrons. The number of rotatable bonds is 7. The number of nitrogens with zero attached hydrogens (tertiary/aromatic N) is 1. The van der Waals surface area contributed by atoms with Gasteiger partial charge in [0.1, 0.15) is 0 Å². The molecule has 2 rings (SSSR count). The van der Waals surface area contributed by atoms with Gasteiger partial charge in [0.05, 0.1) is 5.41 Å². The number of carbonyl (C=O) groups is 4. The van der Waals surface area contributed by atoms with Crippen LogP contribution in [0.25, 0.3) is 0 Å². The van der Waals surface area contributed by atoms with Crippen LogP contribution in [0.5, 0.6) is 0 Å². The van der Waals surface area contributed by atoms with E-state index in [0.717, 1.165) is 22.6 Å². The fourth-order valence-corrected chi connectivity index (χ4v) is 3.02. The van der Waals surface area contributed by atoms with E-state index in [-0.39, 0.29) is 24.8 Å². The highest BCUT2D eigenvalue weighted by Crippen LogP contribution is 2.39. The van der Waals surface area contributed by atoms with Crippen molar-refractivity contribution in [3.8, 4) is 0 Å². The van der Waals surface area contributed by atoms with Crippen LogP contribution in [0.4, 0.5) is 0 Å². The Morgan fingerprint density at radius 2 is 1.92 bits per heavy atom. The van der Waals surface area contributed by atoms with Crippen molar-refractivity contribution in [2.24, 2.45) is 0 Å². The van der Waals surface area contributed by atoms with Crippen LogP contribution >= 0.6 is 0 Å². The molecule has 0 aromatic heterocycles. The van der Waals surface area contributed by atoms with Crippen LogP contribution < -0.4 is 5.32 Å². The van der Waals surface area contributed by atoms with Crippen molar-refractivity contribution >= 4 is 23.7 Å². The van der Waals surface area contributed by atoms with Crippen LogP contribution in [-0.4, -0.2) is 47.3 Å². The molecule has 1 atom stereocenters. The number of amides is 3. The predicted molar refractivity (Wildman–Crippen MR) is 89.5 cm³/mol. The number of benzene rings is 1. The summed E-state index contributed by atoms with van der Waals surface area (Å²) in [5.74, 6) is -2.17. The molecule has 1 fully saturated rings. The monoisotopic (exact) mass is 344 g/mol. The summed E-state index contributed by atoms with van der Waals surface area (Å²) in [4.78, 5) is 47.7. The van der Waals surface area contributed by atoms with Crippen LogP contribution in [0, 0.1) is 0 Å². The molecule has 1 aliphatic heterocycles. The van der Waals surface area contributed by atoms with Gasteiger partial charge < -0.3 is 10.4 Å². The number of hydrogen-bond donors (Lipinski definition) is 2. The van der Waals surface area contributed by atoms with Crippen molar-refractivity contribution in [3.05, 3.63) is 48.0 Å². The molecule has 7 heteroatoms. The number of aliphatic carboxylic acids is 1. The lowest BCUT2D eigenvalue weighted by molar-refractivity contribution is -0.138. The van der Waals surface area contributed by atoms with Gasteiger partial charge in [-0.3, -0.25) is 19.3 Å². The third-order valence-electron chi connectivity index (χ3n) is 4.32. The molecule has 1 unspecified atom stereocenters.